The molecule has 0 unspecified atom stereocenters. The van der Waals surface area contributed by atoms with Crippen molar-refractivity contribution in [1.82, 2.24) is 5.32 Å². The number of nitrogens with zero attached hydrogens (tertiary/aromatic N) is 1. The van der Waals surface area contributed by atoms with Gasteiger partial charge in [-0.1, -0.05) is 48.7 Å². The van der Waals surface area contributed by atoms with Gasteiger partial charge in [-0.3, -0.25) is 0 Å². The van der Waals surface area contributed by atoms with Gasteiger partial charge in [0.25, 0.3) is 0 Å². The highest BCUT2D eigenvalue weighted by Gasteiger charge is 2.07. The molecule has 0 amide bonds. The van der Waals surface area contributed by atoms with Gasteiger partial charge in [0, 0.05) is 30.3 Å². The maximum Gasteiger partial charge on any atom is 0.0420 e. The fourth-order valence-corrected chi connectivity index (χ4v) is 2.37. The normalized spacial score (nSPS) is 10.7. The van der Waals surface area contributed by atoms with E-state index in [2.05, 4.69) is 65.2 Å². The Kier molecular flexibility index (Phi) is 7.36. The second-order valence-corrected chi connectivity index (χ2v) is 5.60. The Morgan fingerprint density at radius 3 is 2.67 bits per heavy atom. The van der Waals surface area contributed by atoms with Crippen LogP contribution in [0.3, 0.4) is 0 Å². The van der Waals surface area contributed by atoms with Crippen LogP contribution in [0.5, 0.6) is 0 Å². The van der Waals surface area contributed by atoms with Gasteiger partial charge in [0.05, 0.1) is 0 Å². The van der Waals surface area contributed by atoms with Crippen molar-refractivity contribution in [2.24, 2.45) is 0 Å². The zero-order chi connectivity index (χ0) is 13.4. The SMILES string of the molecule is CCCCCN(C)c1cc(Br)ccc1CNCC. The van der Waals surface area contributed by atoms with Crippen molar-refractivity contribution in [3.05, 3.63) is 28.2 Å². The van der Waals surface area contributed by atoms with Crippen LogP contribution >= 0.6 is 15.9 Å². The third-order valence-corrected chi connectivity index (χ3v) is 3.61. The lowest BCUT2D eigenvalue weighted by atomic mass is 10.1. The van der Waals surface area contributed by atoms with Crippen LogP contribution in [0.2, 0.25) is 0 Å². The van der Waals surface area contributed by atoms with Crippen LogP contribution in [0.1, 0.15) is 38.7 Å². The number of halogens is 1. The predicted molar refractivity (Wildman–Crippen MR) is 84.3 cm³/mol. The summed E-state index contributed by atoms with van der Waals surface area (Å²) in [7, 11) is 2.19. The lowest BCUT2D eigenvalue weighted by Crippen LogP contribution is -2.22. The quantitative estimate of drug-likeness (QED) is 0.724. The second-order valence-electron chi connectivity index (χ2n) is 4.68. The van der Waals surface area contributed by atoms with Crippen LogP contribution in [0, 0.1) is 0 Å². The molecule has 1 rings (SSSR count). The molecule has 0 saturated heterocycles. The first kappa shape index (κ1) is 15.5. The molecule has 0 saturated carbocycles. The number of hydrogen-bond acceptors (Lipinski definition) is 2. The van der Waals surface area contributed by atoms with Gasteiger partial charge in [0.2, 0.25) is 0 Å². The Morgan fingerprint density at radius 2 is 2.00 bits per heavy atom. The van der Waals surface area contributed by atoms with E-state index in [1.807, 2.05) is 0 Å². The van der Waals surface area contributed by atoms with Crippen molar-refractivity contribution in [3.63, 3.8) is 0 Å². The average molecular weight is 313 g/mol. The first-order valence-electron chi connectivity index (χ1n) is 6.89. The summed E-state index contributed by atoms with van der Waals surface area (Å²) in [4.78, 5) is 2.37. The number of benzene rings is 1. The molecule has 1 aromatic rings. The molecule has 0 aliphatic rings. The predicted octanol–water partition coefficient (Wildman–Crippen LogP) is 4.19. The molecule has 0 spiro atoms. The van der Waals surface area contributed by atoms with Crippen molar-refractivity contribution in [3.8, 4) is 0 Å². The van der Waals surface area contributed by atoms with E-state index >= 15 is 0 Å². The first-order valence-corrected chi connectivity index (χ1v) is 7.68. The molecule has 0 heterocycles. The molecule has 18 heavy (non-hydrogen) atoms. The summed E-state index contributed by atoms with van der Waals surface area (Å²) < 4.78 is 1.15. The lowest BCUT2D eigenvalue weighted by Gasteiger charge is -2.23. The maximum absolute atomic E-state index is 3.57. The minimum absolute atomic E-state index is 0.942. The molecule has 0 bridgehead atoms. The molecule has 0 fully saturated rings. The van der Waals surface area contributed by atoms with Crippen LogP contribution < -0.4 is 10.2 Å². The molecule has 102 valence electrons. The van der Waals surface area contributed by atoms with Crippen molar-refractivity contribution in [2.75, 3.05) is 25.0 Å². The highest BCUT2D eigenvalue weighted by molar-refractivity contribution is 9.10. The molecule has 0 aromatic heterocycles. The zero-order valence-electron chi connectivity index (χ0n) is 11.8. The Bertz CT molecular complexity index is 352. The number of anilines is 1. The summed E-state index contributed by atoms with van der Waals surface area (Å²) in [6, 6.07) is 6.55. The Labute approximate surface area is 120 Å². The van der Waals surface area contributed by atoms with Gasteiger partial charge in [0.1, 0.15) is 0 Å². The molecule has 1 N–H and O–H groups in total. The highest BCUT2D eigenvalue weighted by Crippen LogP contribution is 2.24. The van der Waals surface area contributed by atoms with Gasteiger partial charge in [-0.05, 0) is 30.7 Å². The maximum atomic E-state index is 3.57. The molecule has 0 atom stereocenters. The monoisotopic (exact) mass is 312 g/mol. The Balaban J connectivity index is 2.73. The molecule has 0 aliphatic carbocycles. The summed E-state index contributed by atoms with van der Waals surface area (Å²) in [5.74, 6) is 0. The van der Waals surface area contributed by atoms with Crippen molar-refractivity contribution < 1.29 is 0 Å². The fraction of sp³-hybridized carbons (Fsp3) is 0.600. The summed E-state index contributed by atoms with van der Waals surface area (Å²) in [5.41, 5.74) is 2.71. The van der Waals surface area contributed by atoms with Gasteiger partial charge in [-0.2, -0.15) is 0 Å². The molecule has 0 aliphatic heterocycles. The molecule has 0 radical (unpaired) electrons. The van der Waals surface area contributed by atoms with Gasteiger partial charge in [0.15, 0.2) is 0 Å². The summed E-state index contributed by atoms with van der Waals surface area (Å²) in [5, 5.41) is 3.40. The van der Waals surface area contributed by atoms with E-state index < -0.39 is 0 Å². The zero-order valence-corrected chi connectivity index (χ0v) is 13.4. The topological polar surface area (TPSA) is 15.3 Å². The number of unbranched alkanes of at least 4 members (excludes halogenated alkanes) is 2. The van der Waals surface area contributed by atoms with Gasteiger partial charge >= 0.3 is 0 Å². The van der Waals surface area contributed by atoms with Crippen molar-refractivity contribution in [2.45, 2.75) is 39.7 Å². The van der Waals surface area contributed by atoms with Gasteiger partial charge in [-0.15, -0.1) is 0 Å². The van der Waals surface area contributed by atoms with Gasteiger partial charge in [-0.25, -0.2) is 0 Å². The lowest BCUT2D eigenvalue weighted by molar-refractivity contribution is 0.695. The van der Waals surface area contributed by atoms with Crippen molar-refractivity contribution >= 4 is 21.6 Å². The molecular formula is C15H25BrN2. The summed E-state index contributed by atoms with van der Waals surface area (Å²) in [6.45, 7) is 7.47. The number of nitrogens with one attached hydrogen (secondary N) is 1. The minimum Gasteiger partial charge on any atom is -0.374 e. The third kappa shape index (κ3) is 4.99. The fourth-order valence-electron chi connectivity index (χ4n) is 2.02. The van der Waals surface area contributed by atoms with E-state index in [-0.39, 0.29) is 0 Å². The molecular weight excluding hydrogens is 288 g/mol. The first-order chi connectivity index (χ1) is 8.69. The third-order valence-electron chi connectivity index (χ3n) is 3.12. The highest BCUT2D eigenvalue weighted by atomic mass is 79.9. The molecule has 2 nitrogen and oxygen atoms in total. The molecule has 1 aromatic carbocycles. The second kappa shape index (κ2) is 8.54. The van der Waals surface area contributed by atoms with Crippen LogP contribution in [-0.2, 0) is 6.54 Å². The van der Waals surface area contributed by atoms with E-state index in [1.165, 1.54) is 30.5 Å². The van der Waals surface area contributed by atoms with E-state index in [0.29, 0.717) is 0 Å². The Morgan fingerprint density at radius 1 is 1.22 bits per heavy atom. The van der Waals surface area contributed by atoms with Crippen LogP contribution in [0.15, 0.2) is 22.7 Å². The number of hydrogen-bond donors (Lipinski definition) is 1. The van der Waals surface area contributed by atoms with E-state index in [1.54, 1.807) is 0 Å². The standard InChI is InChI=1S/C15H25BrN2/c1-4-6-7-10-18(3)15-11-14(16)9-8-13(15)12-17-5-2/h8-9,11,17H,4-7,10,12H2,1-3H3. The summed E-state index contributed by atoms with van der Waals surface area (Å²) >= 11 is 3.57. The minimum atomic E-state index is 0.942. The van der Waals surface area contributed by atoms with Crippen molar-refractivity contribution in [1.29, 1.82) is 0 Å². The van der Waals surface area contributed by atoms with Crippen LogP contribution in [0.25, 0.3) is 0 Å². The van der Waals surface area contributed by atoms with Crippen LogP contribution in [-0.4, -0.2) is 20.1 Å². The molecule has 3 heteroatoms. The largest absolute Gasteiger partial charge is 0.374 e. The smallest absolute Gasteiger partial charge is 0.0420 e. The van der Waals surface area contributed by atoms with Crippen LogP contribution in [0.4, 0.5) is 5.69 Å². The Hall–Kier alpha value is -0.540. The van der Waals surface area contributed by atoms with E-state index in [9.17, 15) is 0 Å². The van der Waals surface area contributed by atoms with Gasteiger partial charge < -0.3 is 10.2 Å². The average Bonchev–Trinajstić information content (AvgIpc) is 2.37. The van der Waals surface area contributed by atoms with E-state index in [4.69, 9.17) is 0 Å². The number of rotatable bonds is 8. The van der Waals surface area contributed by atoms with E-state index in [0.717, 1.165) is 24.1 Å². The summed E-state index contributed by atoms with van der Waals surface area (Å²) in [6.07, 6.45) is 3.84.